The summed E-state index contributed by atoms with van der Waals surface area (Å²) in [5.74, 6) is 0.280. The molecule has 0 bridgehead atoms. The standard InChI is InChI=1S/C22H16Cl2N2O2S/c1-15-6-8-16(9-7-15)10-13-22-25-19-4-2-3-5-20(19)26(22)29(27,28)21-14-17(23)11-12-18(21)24/h2-14H,1H3/b13-10+. The van der Waals surface area contributed by atoms with Gasteiger partial charge in [0.25, 0.3) is 10.0 Å². The molecule has 0 fully saturated rings. The second kappa shape index (κ2) is 7.67. The van der Waals surface area contributed by atoms with E-state index in [4.69, 9.17) is 23.2 Å². The number of para-hydroxylation sites is 2. The number of rotatable bonds is 4. The molecule has 0 atom stereocenters. The molecule has 0 spiro atoms. The Labute approximate surface area is 179 Å². The predicted octanol–water partition coefficient (Wildman–Crippen LogP) is 6.06. The minimum atomic E-state index is -4.03. The lowest BCUT2D eigenvalue weighted by Gasteiger charge is -2.11. The van der Waals surface area contributed by atoms with Gasteiger partial charge in [-0.3, -0.25) is 0 Å². The fourth-order valence-corrected chi connectivity index (χ4v) is 5.20. The van der Waals surface area contributed by atoms with Gasteiger partial charge in [-0.05, 0) is 48.9 Å². The van der Waals surface area contributed by atoms with Gasteiger partial charge in [-0.15, -0.1) is 0 Å². The van der Waals surface area contributed by atoms with Crippen LogP contribution in [-0.4, -0.2) is 17.4 Å². The summed E-state index contributed by atoms with van der Waals surface area (Å²) in [7, 11) is -4.03. The van der Waals surface area contributed by atoms with Gasteiger partial charge in [-0.2, -0.15) is 0 Å². The highest BCUT2D eigenvalue weighted by Gasteiger charge is 2.25. The van der Waals surface area contributed by atoms with Crippen molar-refractivity contribution in [3.63, 3.8) is 0 Å². The molecule has 0 saturated carbocycles. The number of aromatic nitrogens is 2. The van der Waals surface area contributed by atoms with E-state index >= 15 is 0 Å². The van der Waals surface area contributed by atoms with Crippen LogP contribution in [0.3, 0.4) is 0 Å². The third kappa shape index (κ3) is 3.81. The van der Waals surface area contributed by atoms with E-state index in [1.807, 2.05) is 43.3 Å². The minimum Gasteiger partial charge on any atom is -0.228 e. The van der Waals surface area contributed by atoms with Crippen LogP contribution in [0.4, 0.5) is 0 Å². The Morgan fingerprint density at radius 3 is 2.41 bits per heavy atom. The summed E-state index contributed by atoms with van der Waals surface area (Å²) in [6.07, 6.45) is 3.51. The fraction of sp³-hybridized carbons (Fsp3) is 0.0455. The molecule has 1 aromatic heterocycles. The largest absolute Gasteiger partial charge is 0.271 e. The first-order chi connectivity index (χ1) is 13.9. The Morgan fingerprint density at radius 2 is 1.66 bits per heavy atom. The molecule has 29 heavy (non-hydrogen) atoms. The summed E-state index contributed by atoms with van der Waals surface area (Å²) in [6, 6.07) is 19.3. The van der Waals surface area contributed by atoms with Gasteiger partial charge in [-0.25, -0.2) is 17.4 Å². The molecule has 3 aromatic carbocycles. The molecule has 0 amide bonds. The Hall–Kier alpha value is -2.60. The number of halogens is 2. The van der Waals surface area contributed by atoms with E-state index in [0.29, 0.717) is 11.0 Å². The van der Waals surface area contributed by atoms with Crippen molar-refractivity contribution in [3.8, 4) is 0 Å². The van der Waals surface area contributed by atoms with Crippen LogP contribution < -0.4 is 0 Å². The Kier molecular flexibility index (Phi) is 5.21. The zero-order valence-corrected chi connectivity index (χ0v) is 17.7. The van der Waals surface area contributed by atoms with E-state index in [1.165, 1.54) is 16.1 Å². The van der Waals surface area contributed by atoms with E-state index in [0.717, 1.165) is 11.1 Å². The van der Waals surface area contributed by atoms with Gasteiger partial charge in [-0.1, -0.05) is 71.2 Å². The summed E-state index contributed by atoms with van der Waals surface area (Å²) in [6.45, 7) is 2.01. The van der Waals surface area contributed by atoms with E-state index in [2.05, 4.69) is 4.98 Å². The number of aryl methyl sites for hydroxylation is 1. The predicted molar refractivity (Wildman–Crippen MR) is 119 cm³/mol. The van der Waals surface area contributed by atoms with E-state index in [1.54, 1.807) is 30.3 Å². The average Bonchev–Trinajstić information content (AvgIpc) is 3.08. The molecule has 0 aliphatic carbocycles. The van der Waals surface area contributed by atoms with Crippen LogP contribution in [0.5, 0.6) is 0 Å². The summed E-state index contributed by atoms with van der Waals surface area (Å²) >= 11 is 12.2. The monoisotopic (exact) mass is 442 g/mol. The number of imidazole rings is 1. The van der Waals surface area contributed by atoms with E-state index < -0.39 is 10.0 Å². The Bertz CT molecular complexity index is 1340. The summed E-state index contributed by atoms with van der Waals surface area (Å²) < 4.78 is 28.2. The second-order valence-electron chi connectivity index (χ2n) is 6.55. The third-order valence-corrected chi connectivity index (χ3v) is 6.89. The van der Waals surface area contributed by atoms with Crippen LogP contribution >= 0.6 is 23.2 Å². The van der Waals surface area contributed by atoms with Crippen molar-refractivity contribution in [2.45, 2.75) is 11.8 Å². The molecule has 146 valence electrons. The molecule has 0 unspecified atom stereocenters. The minimum absolute atomic E-state index is 0.0696. The molecule has 1 heterocycles. The zero-order valence-electron chi connectivity index (χ0n) is 15.4. The maximum Gasteiger partial charge on any atom is 0.271 e. The van der Waals surface area contributed by atoms with Crippen LogP contribution in [0.1, 0.15) is 17.0 Å². The number of nitrogens with zero attached hydrogens (tertiary/aromatic N) is 2. The molecular weight excluding hydrogens is 427 g/mol. The fourth-order valence-electron chi connectivity index (χ4n) is 3.00. The molecule has 4 aromatic rings. The number of hydrogen-bond donors (Lipinski definition) is 0. The lowest BCUT2D eigenvalue weighted by Crippen LogP contribution is -2.15. The first kappa shape index (κ1) is 19.7. The SMILES string of the molecule is Cc1ccc(/C=C/c2nc3ccccc3n2S(=O)(=O)c2cc(Cl)ccc2Cl)cc1. The first-order valence-corrected chi connectivity index (χ1v) is 11.0. The van der Waals surface area contributed by atoms with Crippen molar-refractivity contribution in [2.24, 2.45) is 0 Å². The molecular formula is C22H16Cl2N2O2S. The molecule has 0 aliphatic rings. The number of benzene rings is 3. The van der Waals surface area contributed by atoms with E-state index in [9.17, 15) is 8.42 Å². The number of hydrogen-bond acceptors (Lipinski definition) is 3. The van der Waals surface area contributed by atoms with Gasteiger partial charge in [0.05, 0.1) is 16.1 Å². The molecule has 0 saturated heterocycles. The normalized spacial score (nSPS) is 12.1. The van der Waals surface area contributed by atoms with Gasteiger partial charge >= 0.3 is 0 Å². The molecule has 7 heteroatoms. The Balaban J connectivity index is 1.92. The smallest absolute Gasteiger partial charge is 0.228 e. The summed E-state index contributed by atoms with van der Waals surface area (Å²) in [4.78, 5) is 4.44. The van der Waals surface area contributed by atoms with Gasteiger partial charge in [0.1, 0.15) is 10.7 Å². The molecule has 0 radical (unpaired) electrons. The summed E-state index contributed by atoms with van der Waals surface area (Å²) in [5, 5.41) is 0.384. The van der Waals surface area contributed by atoms with Gasteiger partial charge in [0.2, 0.25) is 0 Å². The summed E-state index contributed by atoms with van der Waals surface area (Å²) in [5.41, 5.74) is 3.12. The average molecular weight is 443 g/mol. The molecule has 0 aliphatic heterocycles. The van der Waals surface area contributed by atoms with Crippen molar-refractivity contribution >= 4 is 56.4 Å². The Morgan fingerprint density at radius 1 is 0.931 bits per heavy atom. The molecule has 4 nitrogen and oxygen atoms in total. The quantitative estimate of drug-likeness (QED) is 0.385. The zero-order chi connectivity index (χ0) is 20.6. The van der Waals surface area contributed by atoms with Gasteiger partial charge < -0.3 is 0 Å². The van der Waals surface area contributed by atoms with Crippen molar-refractivity contribution < 1.29 is 8.42 Å². The van der Waals surface area contributed by atoms with E-state index in [-0.39, 0.29) is 20.8 Å². The van der Waals surface area contributed by atoms with Crippen LogP contribution in [0.25, 0.3) is 23.2 Å². The van der Waals surface area contributed by atoms with Crippen molar-refractivity contribution in [1.29, 1.82) is 0 Å². The van der Waals surface area contributed by atoms with Crippen LogP contribution in [0, 0.1) is 6.92 Å². The highest BCUT2D eigenvalue weighted by Crippen LogP contribution is 2.30. The van der Waals surface area contributed by atoms with Gasteiger partial charge in [0.15, 0.2) is 0 Å². The molecule has 4 rings (SSSR count). The molecule has 0 N–H and O–H groups in total. The number of fused-ring (bicyclic) bond motifs is 1. The lowest BCUT2D eigenvalue weighted by molar-refractivity contribution is 0.588. The maximum absolute atomic E-state index is 13.5. The highest BCUT2D eigenvalue weighted by molar-refractivity contribution is 7.90. The third-order valence-electron chi connectivity index (χ3n) is 4.46. The van der Waals surface area contributed by atoms with Crippen molar-refractivity contribution in [2.75, 3.05) is 0 Å². The van der Waals surface area contributed by atoms with Crippen LogP contribution in [0.15, 0.2) is 71.6 Å². The topological polar surface area (TPSA) is 52.0 Å². The first-order valence-electron chi connectivity index (χ1n) is 8.79. The van der Waals surface area contributed by atoms with Gasteiger partial charge in [0, 0.05) is 5.02 Å². The maximum atomic E-state index is 13.5. The second-order valence-corrected chi connectivity index (χ2v) is 9.15. The van der Waals surface area contributed by atoms with Crippen LogP contribution in [-0.2, 0) is 10.0 Å². The van der Waals surface area contributed by atoms with Crippen LogP contribution in [0.2, 0.25) is 10.0 Å². The lowest BCUT2D eigenvalue weighted by atomic mass is 10.1. The van der Waals surface area contributed by atoms with Crippen molar-refractivity contribution in [3.05, 3.63) is 93.7 Å². The highest BCUT2D eigenvalue weighted by atomic mass is 35.5. The van der Waals surface area contributed by atoms with Crippen molar-refractivity contribution in [1.82, 2.24) is 8.96 Å².